The average Bonchev–Trinajstić information content (AvgIpc) is 2.90. The molecule has 2 aromatic rings. The van der Waals surface area contributed by atoms with Gasteiger partial charge >= 0.3 is 5.97 Å². The van der Waals surface area contributed by atoms with Crippen molar-refractivity contribution < 1.29 is 14.3 Å². The summed E-state index contributed by atoms with van der Waals surface area (Å²) in [7, 11) is 2.97. The minimum Gasteiger partial charge on any atom is -0.496 e. The Bertz CT molecular complexity index is 617. The Morgan fingerprint density at radius 3 is 2.58 bits per heavy atom. The number of H-pyrrole nitrogens is 1. The molecule has 0 fully saturated rings. The van der Waals surface area contributed by atoms with Crippen LogP contribution in [0.5, 0.6) is 5.75 Å². The molecule has 0 saturated carbocycles. The van der Waals surface area contributed by atoms with Crippen LogP contribution < -0.4 is 4.74 Å². The minimum atomic E-state index is -0.478. The van der Waals surface area contributed by atoms with Crippen molar-refractivity contribution in [2.75, 3.05) is 14.2 Å². The van der Waals surface area contributed by atoms with Crippen molar-refractivity contribution in [3.05, 3.63) is 35.3 Å². The highest BCUT2D eigenvalue weighted by molar-refractivity contribution is 5.86. The zero-order chi connectivity index (χ0) is 14.0. The third kappa shape index (κ3) is 2.31. The number of carbonyl (C=O) groups excluding carboxylic acids is 1. The topological polar surface area (TPSA) is 64.2 Å². The summed E-state index contributed by atoms with van der Waals surface area (Å²) in [4.78, 5) is 18.3. The lowest BCUT2D eigenvalue weighted by atomic mass is 10.0. The maximum atomic E-state index is 11.4. The van der Waals surface area contributed by atoms with Gasteiger partial charge in [0.05, 0.1) is 26.1 Å². The Hall–Kier alpha value is -2.30. The van der Waals surface area contributed by atoms with Crippen LogP contribution in [0.15, 0.2) is 18.3 Å². The molecule has 0 amide bonds. The number of aromatic amines is 1. The van der Waals surface area contributed by atoms with Crippen molar-refractivity contribution in [1.82, 2.24) is 9.97 Å². The molecule has 5 nitrogen and oxygen atoms in total. The first-order valence-electron chi connectivity index (χ1n) is 5.86. The van der Waals surface area contributed by atoms with Crippen molar-refractivity contribution >= 4 is 5.97 Å². The van der Waals surface area contributed by atoms with Gasteiger partial charge in [-0.3, -0.25) is 0 Å². The van der Waals surface area contributed by atoms with Crippen LogP contribution in [0.1, 0.15) is 21.7 Å². The van der Waals surface area contributed by atoms with Gasteiger partial charge in [0.25, 0.3) is 0 Å². The SMILES string of the molecule is COC(=O)c1ncc(-c2ccc(OC)c(C)c2C)[nH]1. The lowest BCUT2D eigenvalue weighted by Gasteiger charge is -2.11. The molecule has 1 heterocycles. The quantitative estimate of drug-likeness (QED) is 0.861. The third-order valence-electron chi connectivity index (χ3n) is 3.20. The van der Waals surface area contributed by atoms with Gasteiger partial charge in [-0.15, -0.1) is 0 Å². The molecule has 1 N–H and O–H groups in total. The van der Waals surface area contributed by atoms with E-state index < -0.39 is 5.97 Å². The van der Waals surface area contributed by atoms with E-state index in [1.165, 1.54) is 7.11 Å². The molecule has 100 valence electrons. The molecule has 0 atom stereocenters. The molecule has 1 aromatic carbocycles. The highest BCUT2D eigenvalue weighted by Crippen LogP contribution is 2.30. The Kier molecular flexibility index (Phi) is 3.55. The second-order valence-electron chi connectivity index (χ2n) is 4.20. The number of hydrogen-bond donors (Lipinski definition) is 1. The Morgan fingerprint density at radius 1 is 1.21 bits per heavy atom. The highest BCUT2D eigenvalue weighted by atomic mass is 16.5. The molecule has 0 aliphatic rings. The van der Waals surface area contributed by atoms with Gasteiger partial charge in [-0.05, 0) is 37.1 Å². The van der Waals surface area contributed by atoms with Crippen LogP contribution >= 0.6 is 0 Å². The number of esters is 1. The van der Waals surface area contributed by atoms with Crippen LogP contribution in [0.25, 0.3) is 11.3 Å². The summed E-state index contributed by atoms with van der Waals surface area (Å²) in [6, 6.07) is 3.84. The zero-order valence-electron chi connectivity index (χ0n) is 11.4. The van der Waals surface area contributed by atoms with Crippen molar-refractivity contribution in [1.29, 1.82) is 0 Å². The summed E-state index contributed by atoms with van der Waals surface area (Å²) in [6.07, 6.45) is 1.63. The lowest BCUT2D eigenvalue weighted by Crippen LogP contribution is -2.03. The van der Waals surface area contributed by atoms with E-state index in [9.17, 15) is 4.79 Å². The number of hydrogen-bond acceptors (Lipinski definition) is 4. The van der Waals surface area contributed by atoms with Crippen LogP contribution in [-0.4, -0.2) is 30.2 Å². The van der Waals surface area contributed by atoms with Gasteiger partial charge in [0.2, 0.25) is 5.82 Å². The van der Waals surface area contributed by atoms with E-state index in [0.717, 1.165) is 28.1 Å². The summed E-state index contributed by atoms with van der Waals surface area (Å²) in [5, 5.41) is 0. The third-order valence-corrected chi connectivity index (χ3v) is 3.20. The number of nitrogens with zero attached hydrogens (tertiary/aromatic N) is 1. The van der Waals surface area contributed by atoms with E-state index in [1.807, 2.05) is 26.0 Å². The number of ether oxygens (including phenoxy) is 2. The van der Waals surface area contributed by atoms with E-state index in [-0.39, 0.29) is 5.82 Å². The monoisotopic (exact) mass is 260 g/mol. The van der Waals surface area contributed by atoms with Crippen LogP contribution in [0, 0.1) is 13.8 Å². The van der Waals surface area contributed by atoms with Gasteiger partial charge in [-0.25, -0.2) is 9.78 Å². The number of carbonyl (C=O) groups is 1. The van der Waals surface area contributed by atoms with Crippen molar-refractivity contribution in [2.24, 2.45) is 0 Å². The fraction of sp³-hybridized carbons (Fsp3) is 0.286. The number of rotatable bonds is 3. The molecular formula is C14H16N2O3. The van der Waals surface area contributed by atoms with Gasteiger partial charge < -0.3 is 14.5 Å². The van der Waals surface area contributed by atoms with Crippen LogP contribution in [0.2, 0.25) is 0 Å². The molecule has 0 unspecified atom stereocenters. The van der Waals surface area contributed by atoms with E-state index in [2.05, 4.69) is 14.7 Å². The molecule has 0 aliphatic carbocycles. The fourth-order valence-electron chi connectivity index (χ4n) is 1.97. The molecular weight excluding hydrogens is 244 g/mol. The largest absolute Gasteiger partial charge is 0.496 e. The first-order chi connectivity index (χ1) is 9.08. The Morgan fingerprint density at radius 2 is 1.95 bits per heavy atom. The zero-order valence-corrected chi connectivity index (χ0v) is 11.4. The molecule has 1 aromatic heterocycles. The number of methoxy groups -OCH3 is 2. The predicted molar refractivity (Wildman–Crippen MR) is 71.4 cm³/mol. The minimum absolute atomic E-state index is 0.199. The average molecular weight is 260 g/mol. The summed E-state index contributed by atoms with van der Waals surface area (Å²) >= 11 is 0. The summed E-state index contributed by atoms with van der Waals surface area (Å²) in [6.45, 7) is 4.00. The van der Waals surface area contributed by atoms with Gasteiger partial charge in [0, 0.05) is 5.56 Å². The first kappa shape index (κ1) is 13.1. The van der Waals surface area contributed by atoms with Crippen molar-refractivity contribution in [2.45, 2.75) is 13.8 Å². The van der Waals surface area contributed by atoms with Crippen molar-refractivity contribution in [3.8, 4) is 17.0 Å². The molecule has 0 bridgehead atoms. The number of nitrogens with one attached hydrogen (secondary N) is 1. The summed E-state index contributed by atoms with van der Waals surface area (Å²) in [5.74, 6) is 0.563. The predicted octanol–water partition coefficient (Wildman–Crippen LogP) is 2.49. The molecule has 0 radical (unpaired) electrons. The molecule has 5 heteroatoms. The normalized spacial score (nSPS) is 10.3. The van der Waals surface area contributed by atoms with Crippen LogP contribution in [0.4, 0.5) is 0 Å². The van der Waals surface area contributed by atoms with E-state index in [4.69, 9.17) is 4.74 Å². The molecule has 2 rings (SSSR count). The molecule has 0 spiro atoms. The van der Waals surface area contributed by atoms with Crippen LogP contribution in [0.3, 0.4) is 0 Å². The van der Waals surface area contributed by atoms with Gasteiger partial charge in [-0.2, -0.15) is 0 Å². The number of aromatic nitrogens is 2. The van der Waals surface area contributed by atoms with Crippen LogP contribution in [-0.2, 0) is 4.74 Å². The molecule has 0 aliphatic heterocycles. The standard InChI is InChI=1S/C14H16N2O3/c1-8-9(2)12(18-3)6-5-10(8)11-7-15-13(16-11)14(17)19-4/h5-7H,1-4H3,(H,15,16). The van der Waals surface area contributed by atoms with Gasteiger partial charge in [0.15, 0.2) is 0 Å². The lowest BCUT2D eigenvalue weighted by molar-refractivity contribution is 0.0588. The highest BCUT2D eigenvalue weighted by Gasteiger charge is 2.14. The maximum Gasteiger partial charge on any atom is 0.374 e. The van der Waals surface area contributed by atoms with E-state index in [0.29, 0.717) is 0 Å². The molecule has 19 heavy (non-hydrogen) atoms. The number of benzene rings is 1. The smallest absolute Gasteiger partial charge is 0.374 e. The Balaban J connectivity index is 2.45. The Labute approximate surface area is 111 Å². The van der Waals surface area contributed by atoms with Gasteiger partial charge in [0.1, 0.15) is 5.75 Å². The van der Waals surface area contributed by atoms with E-state index in [1.54, 1.807) is 13.3 Å². The fourth-order valence-corrected chi connectivity index (χ4v) is 1.97. The summed E-state index contributed by atoms with van der Waals surface area (Å²) < 4.78 is 9.90. The number of imidazole rings is 1. The maximum absolute atomic E-state index is 11.4. The van der Waals surface area contributed by atoms with E-state index >= 15 is 0 Å². The summed E-state index contributed by atoms with van der Waals surface area (Å²) in [5.41, 5.74) is 3.92. The second-order valence-corrected chi connectivity index (χ2v) is 4.20. The second kappa shape index (κ2) is 5.14. The molecule has 0 saturated heterocycles. The van der Waals surface area contributed by atoms with Gasteiger partial charge in [-0.1, -0.05) is 0 Å². The van der Waals surface area contributed by atoms with Crippen molar-refractivity contribution in [3.63, 3.8) is 0 Å². The first-order valence-corrected chi connectivity index (χ1v) is 5.86.